The van der Waals surface area contributed by atoms with E-state index < -0.39 is 10.0 Å². The van der Waals surface area contributed by atoms with Gasteiger partial charge in [-0.05, 0) is 67.1 Å². The van der Waals surface area contributed by atoms with Gasteiger partial charge in [0.1, 0.15) is 0 Å². The fourth-order valence-corrected chi connectivity index (χ4v) is 6.63. The molecule has 1 saturated heterocycles. The summed E-state index contributed by atoms with van der Waals surface area (Å²) in [4.78, 5) is 1.32. The molecule has 0 aromatic carbocycles. The molecule has 1 aromatic heterocycles. The topological polar surface area (TPSA) is 49.4 Å². The average Bonchev–Trinajstić information content (AvgIpc) is 3.21. The van der Waals surface area contributed by atoms with Gasteiger partial charge >= 0.3 is 0 Å². The van der Waals surface area contributed by atoms with Crippen molar-refractivity contribution in [1.82, 2.24) is 9.62 Å². The number of hydrogen-bond donors (Lipinski definition) is 1. The molecule has 1 aliphatic carbocycles. The number of nitrogens with zero attached hydrogens (tertiary/aromatic N) is 1. The Morgan fingerprint density at radius 1 is 1.32 bits per heavy atom. The Balaban J connectivity index is 0.00000176. The molecule has 3 rings (SSSR count). The second-order valence-corrected chi connectivity index (χ2v) is 10.5. The van der Waals surface area contributed by atoms with Crippen molar-refractivity contribution in [3.8, 4) is 0 Å². The van der Waals surface area contributed by atoms with Crippen LogP contribution in [0.3, 0.4) is 0 Å². The van der Waals surface area contributed by atoms with Gasteiger partial charge in [0, 0.05) is 24.0 Å². The molecule has 0 atom stereocenters. The quantitative estimate of drug-likeness (QED) is 0.780. The van der Waals surface area contributed by atoms with Crippen molar-refractivity contribution in [1.29, 1.82) is 0 Å². The summed E-state index contributed by atoms with van der Waals surface area (Å²) in [6.07, 6.45) is 4.53. The summed E-state index contributed by atoms with van der Waals surface area (Å²) in [5.41, 5.74) is 0. The molecule has 22 heavy (non-hydrogen) atoms. The molecular formula is C14H22BrClN2O2S2. The van der Waals surface area contributed by atoms with Crippen LogP contribution in [0.1, 0.15) is 30.6 Å². The molecule has 0 spiro atoms. The lowest BCUT2D eigenvalue weighted by atomic mass is 10.1. The maximum atomic E-state index is 12.7. The minimum Gasteiger partial charge on any atom is -0.314 e. The highest BCUT2D eigenvalue weighted by atomic mass is 79.9. The van der Waals surface area contributed by atoms with Crippen LogP contribution in [-0.4, -0.2) is 38.4 Å². The van der Waals surface area contributed by atoms with Crippen molar-refractivity contribution in [2.24, 2.45) is 5.92 Å². The van der Waals surface area contributed by atoms with Gasteiger partial charge in [0.2, 0.25) is 10.0 Å². The van der Waals surface area contributed by atoms with Gasteiger partial charge in [0.15, 0.2) is 0 Å². The van der Waals surface area contributed by atoms with E-state index in [4.69, 9.17) is 0 Å². The van der Waals surface area contributed by atoms with Crippen molar-refractivity contribution in [3.05, 3.63) is 14.7 Å². The molecule has 0 radical (unpaired) electrons. The van der Waals surface area contributed by atoms with E-state index >= 15 is 0 Å². The Morgan fingerprint density at radius 3 is 2.45 bits per heavy atom. The SMILES string of the molecule is Cc1sc(Br)cc1S(=O)(=O)N1CCC(NCC2CC2)CC1.Cl. The monoisotopic (exact) mass is 428 g/mol. The number of sulfonamides is 1. The Kier molecular flexibility index (Phi) is 6.36. The third kappa shape index (κ3) is 4.24. The number of hydrogen-bond acceptors (Lipinski definition) is 4. The molecule has 1 aliphatic heterocycles. The van der Waals surface area contributed by atoms with E-state index in [1.54, 1.807) is 10.4 Å². The van der Waals surface area contributed by atoms with Crippen LogP contribution in [0.25, 0.3) is 0 Å². The van der Waals surface area contributed by atoms with Gasteiger partial charge in [0.05, 0.1) is 8.68 Å². The number of thiophene rings is 1. The molecule has 2 heterocycles. The highest BCUT2D eigenvalue weighted by Crippen LogP contribution is 2.32. The number of nitrogens with one attached hydrogen (secondary N) is 1. The lowest BCUT2D eigenvalue weighted by Crippen LogP contribution is -2.45. The zero-order valence-electron chi connectivity index (χ0n) is 12.5. The number of rotatable bonds is 5. The van der Waals surface area contributed by atoms with Crippen LogP contribution >= 0.6 is 39.7 Å². The summed E-state index contributed by atoms with van der Waals surface area (Å²) >= 11 is 4.85. The first-order valence-corrected chi connectivity index (χ1v) is 10.5. The van der Waals surface area contributed by atoms with Gasteiger partial charge in [-0.1, -0.05) is 0 Å². The fourth-order valence-electron chi connectivity index (χ4n) is 2.78. The van der Waals surface area contributed by atoms with Gasteiger partial charge in [0.25, 0.3) is 0 Å². The van der Waals surface area contributed by atoms with Crippen LogP contribution in [0.2, 0.25) is 0 Å². The predicted molar refractivity (Wildman–Crippen MR) is 96.5 cm³/mol. The minimum absolute atomic E-state index is 0. The van der Waals surface area contributed by atoms with Gasteiger partial charge in [-0.2, -0.15) is 4.31 Å². The van der Waals surface area contributed by atoms with Crippen LogP contribution in [-0.2, 0) is 10.0 Å². The van der Waals surface area contributed by atoms with Gasteiger partial charge in [-0.3, -0.25) is 0 Å². The van der Waals surface area contributed by atoms with Gasteiger partial charge < -0.3 is 5.32 Å². The van der Waals surface area contributed by atoms with Crippen LogP contribution in [0.5, 0.6) is 0 Å². The summed E-state index contributed by atoms with van der Waals surface area (Å²) in [5.74, 6) is 0.873. The molecule has 1 N–H and O–H groups in total. The average molecular weight is 430 g/mol. The summed E-state index contributed by atoms with van der Waals surface area (Å²) in [6.45, 7) is 4.22. The summed E-state index contributed by atoms with van der Waals surface area (Å²) < 4.78 is 27.9. The second kappa shape index (κ2) is 7.49. The maximum absolute atomic E-state index is 12.7. The maximum Gasteiger partial charge on any atom is 0.244 e. The molecule has 8 heteroatoms. The van der Waals surface area contributed by atoms with E-state index in [-0.39, 0.29) is 12.4 Å². The second-order valence-electron chi connectivity index (χ2n) is 6.00. The Bertz CT molecular complexity index is 608. The van der Waals surface area contributed by atoms with E-state index in [0.29, 0.717) is 24.0 Å². The molecular weight excluding hydrogens is 408 g/mol. The summed E-state index contributed by atoms with van der Waals surface area (Å²) in [5, 5.41) is 3.58. The lowest BCUT2D eigenvalue weighted by molar-refractivity contribution is 0.288. The number of aryl methyl sites for hydroxylation is 1. The third-order valence-corrected chi connectivity index (χ3v) is 8.01. The Morgan fingerprint density at radius 2 is 1.95 bits per heavy atom. The highest BCUT2D eigenvalue weighted by Gasteiger charge is 2.32. The molecule has 126 valence electrons. The van der Waals surface area contributed by atoms with E-state index in [1.807, 2.05) is 6.92 Å². The van der Waals surface area contributed by atoms with Crippen LogP contribution in [0.4, 0.5) is 0 Å². The first-order chi connectivity index (χ1) is 9.96. The fraction of sp³-hybridized carbons (Fsp3) is 0.714. The van der Waals surface area contributed by atoms with Crippen molar-refractivity contribution in [3.63, 3.8) is 0 Å². The first kappa shape index (κ1) is 18.7. The predicted octanol–water partition coefficient (Wildman–Crippen LogP) is 3.39. The Hall–Kier alpha value is 0.340. The molecule has 0 amide bonds. The van der Waals surface area contributed by atoms with E-state index in [9.17, 15) is 8.42 Å². The first-order valence-electron chi connectivity index (χ1n) is 7.46. The van der Waals surface area contributed by atoms with Gasteiger partial charge in [-0.15, -0.1) is 23.7 Å². The summed E-state index contributed by atoms with van der Waals surface area (Å²) in [6, 6.07) is 2.21. The van der Waals surface area contributed by atoms with Crippen molar-refractivity contribution in [2.75, 3.05) is 19.6 Å². The van der Waals surface area contributed by atoms with Crippen molar-refractivity contribution >= 4 is 49.7 Å². The normalized spacial score (nSPS) is 20.8. The number of piperidine rings is 1. The van der Waals surface area contributed by atoms with E-state index in [0.717, 1.165) is 34.0 Å². The lowest BCUT2D eigenvalue weighted by Gasteiger charge is -2.31. The molecule has 2 fully saturated rings. The molecule has 0 unspecified atom stereocenters. The van der Waals surface area contributed by atoms with Crippen molar-refractivity contribution < 1.29 is 8.42 Å². The molecule has 2 aliphatic rings. The van der Waals surface area contributed by atoms with Crippen LogP contribution in [0.15, 0.2) is 14.7 Å². The molecule has 0 bridgehead atoms. The zero-order valence-corrected chi connectivity index (χ0v) is 16.6. The minimum atomic E-state index is -3.33. The third-order valence-electron chi connectivity index (χ3n) is 4.31. The van der Waals surface area contributed by atoms with Crippen LogP contribution in [0, 0.1) is 12.8 Å². The molecule has 1 aromatic rings. The molecule has 4 nitrogen and oxygen atoms in total. The van der Waals surface area contributed by atoms with E-state index in [2.05, 4.69) is 21.2 Å². The Labute approximate surface area is 151 Å². The smallest absolute Gasteiger partial charge is 0.244 e. The zero-order chi connectivity index (χ0) is 15.0. The summed E-state index contributed by atoms with van der Waals surface area (Å²) in [7, 11) is -3.33. The largest absolute Gasteiger partial charge is 0.314 e. The highest BCUT2D eigenvalue weighted by molar-refractivity contribution is 9.11. The van der Waals surface area contributed by atoms with E-state index in [1.165, 1.54) is 24.2 Å². The standard InChI is InChI=1S/C14H21BrN2O2S2.ClH/c1-10-13(8-14(15)20-10)21(18,19)17-6-4-12(5-7-17)16-9-11-2-3-11;/h8,11-12,16H,2-7,9H2,1H3;1H. The molecule has 1 saturated carbocycles. The van der Waals surface area contributed by atoms with Crippen molar-refractivity contribution in [2.45, 2.75) is 43.5 Å². The number of halogens is 2. The van der Waals surface area contributed by atoms with Gasteiger partial charge in [-0.25, -0.2) is 8.42 Å². The van der Waals surface area contributed by atoms with Crippen LogP contribution < -0.4 is 5.32 Å².